The van der Waals surface area contributed by atoms with E-state index in [1.54, 1.807) is 52.0 Å². The molecular weight excluding hydrogens is 840 g/mol. The summed E-state index contributed by atoms with van der Waals surface area (Å²) < 4.78 is 109. The second-order valence-corrected chi connectivity index (χ2v) is 19.2. The first kappa shape index (κ1) is 42.8. The predicted molar refractivity (Wildman–Crippen MR) is 217 cm³/mol. The number of amides is 3. The van der Waals surface area contributed by atoms with Crippen LogP contribution in [0, 0.1) is 23.0 Å². The van der Waals surface area contributed by atoms with Crippen molar-refractivity contribution in [2.24, 2.45) is 11.3 Å². The molecule has 62 heavy (non-hydrogen) atoms. The third-order valence-corrected chi connectivity index (χ3v) is 13.4. The molecule has 19 heteroatoms. The number of anilines is 1. The summed E-state index contributed by atoms with van der Waals surface area (Å²) in [7, 11) is -3.98. The van der Waals surface area contributed by atoms with Crippen molar-refractivity contribution in [2.45, 2.75) is 95.0 Å². The number of furan rings is 1. The largest absolute Gasteiger partial charge is 0.470 e. The predicted octanol–water partition coefficient (Wildman–Crippen LogP) is 7.11. The van der Waals surface area contributed by atoms with Crippen LogP contribution in [0.1, 0.15) is 65.4 Å². The fraction of sp³-hybridized carbons (Fsp3) is 0.419. The van der Waals surface area contributed by atoms with Crippen LogP contribution >= 0.6 is 0 Å². The third kappa shape index (κ3) is 8.37. The second-order valence-electron chi connectivity index (χ2n) is 17.2. The van der Waals surface area contributed by atoms with Gasteiger partial charge in [-0.1, -0.05) is 58.4 Å². The van der Waals surface area contributed by atoms with Crippen molar-refractivity contribution < 1.29 is 53.9 Å². The molecule has 8 rings (SSSR count). The van der Waals surface area contributed by atoms with Gasteiger partial charge in [-0.3, -0.25) is 19.1 Å². The minimum atomic E-state index is -4.59. The number of nitrogens with zero attached hydrogens (tertiary/aromatic N) is 3. The van der Waals surface area contributed by atoms with E-state index in [1.807, 2.05) is 0 Å². The van der Waals surface area contributed by atoms with Crippen molar-refractivity contribution >= 4 is 55.5 Å². The number of rotatable bonds is 12. The molecule has 3 aliphatic rings. The van der Waals surface area contributed by atoms with Gasteiger partial charge in [-0.25, -0.2) is 22.2 Å². The van der Waals surface area contributed by atoms with Crippen LogP contribution in [0.25, 0.3) is 33.5 Å². The summed E-state index contributed by atoms with van der Waals surface area (Å²) in [4.78, 5) is 53.5. The minimum Gasteiger partial charge on any atom is -0.470 e. The van der Waals surface area contributed by atoms with Gasteiger partial charge in [0.1, 0.15) is 46.5 Å². The van der Waals surface area contributed by atoms with Gasteiger partial charge in [-0.15, -0.1) is 0 Å². The molecule has 2 aliphatic carbocycles. The number of benzene rings is 3. The summed E-state index contributed by atoms with van der Waals surface area (Å²) in [6.45, 7) is 6.69. The molecule has 3 heterocycles. The number of fused-ring (bicyclic) bond motifs is 3. The summed E-state index contributed by atoms with van der Waals surface area (Å²) in [6.07, 6.45) is -4.38. The zero-order valence-corrected chi connectivity index (χ0v) is 34.8. The molecule has 3 amide bonds. The van der Waals surface area contributed by atoms with E-state index in [1.165, 1.54) is 17.0 Å². The maximum atomic E-state index is 14.8. The van der Waals surface area contributed by atoms with Gasteiger partial charge >= 0.3 is 6.18 Å². The van der Waals surface area contributed by atoms with E-state index < -0.39 is 91.4 Å². The summed E-state index contributed by atoms with van der Waals surface area (Å²) in [6, 6.07) is 11.3. The molecule has 2 aromatic heterocycles. The van der Waals surface area contributed by atoms with Crippen molar-refractivity contribution in [3.8, 4) is 17.3 Å². The average Bonchev–Trinajstić information content (AvgIpc) is 4.10. The molecule has 13 nitrogen and oxygen atoms in total. The molecule has 3 fully saturated rings. The Bertz CT molecular complexity index is 2680. The summed E-state index contributed by atoms with van der Waals surface area (Å²) in [5.41, 5.74) is -2.41. The SMILES string of the molecule is CC[C@@H]1C[C@]1(NC(=O)[C@@H]1C[C@@H](Oc2nc(-c3ccc(C(F)(F)F)cc3)nc3c2oc2ccccc23)CN1C(=O)[C@@H](Nc1cc(F)cc(F)c1)C(C)(C)C)C(=O)NS(=O)(=O)C1CC1. The Balaban J connectivity index is 1.16. The molecule has 3 N–H and O–H groups in total. The van der Waals surface area contributed by atoms with E-state index in [2.05, 4.69) is 25.3 Å². The molecule has 328 valence electrons. The highest BCUT2D eigenvalue weighted by molar-refractivity contribution is 7.91. The Morgan fingerprint density at radius 2 is 1.66 bits per heavy atom. The lowest BCUT2D eigenvalue weighted by Crippen LogP contribution is -2.58. The molecule has 2 saturated carbocycles. The van der Waals surface area contributed by atoms with Crippen LogP contribution in [0.2, 0.25) is 0 Å². The van der Waals surface area contributed by atoms with Crippen LogP contribution in [0.3, 0.4) is 0 Å². The van der Waals surface area contributed by atoms with Gasteiger partial charge < -0.3 is 24.7 Å². The van der Waals surface area contributed by atoms with Gasteiger partial charge in [0.15, 0.2) is 5.82 Å². The van der Waals surface area contributed by atoms with E-state index in [-0.39, 0.29) is 53.4 Å². The zero-order valence-electron chi connectivity index (χ0n) is 34.0. The van der Waals surface area contributed by atoms with Crippen molar-refractivity contribution in [1.82, 2.24) is 24.9 Å². The molecule has 3 aromatic carbocycles. The van der Waals surface area contributed by atoms with Gasteiger partial charge in [0, 0.05) is 29.1 Å². The summed E-state index contributed by atoms with van der Waals surface area (Å²) >= 11 is 0. The third-order valence-electron chi connectivity index (χ3n) is 11.6. The molecule has 0 radical (unpaired) electrons. The highest BCUT2D eigenvalue weighted by Crippen LogP contribution is 2.47. The van der Waals surface area contributed by atoms with Crippen molar-refractivity contribution in [3.05, 3.63) is 83.9 Å². The van der Waals surface area contributed by atoms with E-state index in [0.717, 1.165) is 24.3 Å². The van der Waals surface area contributed by atoms with E-state index >= 15 is 0 Å². The van der Waals surface area contributed by atoms with Gasteiger partial charge in [0.25, 0.3) is 11.8 Å². The number of sulfonamides is 1. The molecule has 1 aliphatic heterocycles. The Morgan fingerprint density at radius 1 is 0.984 bits per heavy atom. The molecular formula is C43H43F5N6O7S. The number of carbonyl (C=O) groups excluding carboxylic acids is 3. The monoisotopic (exact) mass is 882 g/mol. The Hall–Kier alpha value is -5.85. The van der Waals surface area contributed by atoms with Gasteiger partial charge in [-0.2, -0.15) is 18.2 Å². The number of nitrogens with one attached hydrogen (secondary N) is 3. The number of ether oxygens (including phenoxy) is 1. The molecule has 5 aromatic rings. The highest BCUT2D eigenvalue weighted by Gasteiger charge is 2.62. The fourth-order valence-corrected chi connectivity index (χ4v) is 9.39. The number of halogens is 5. The number of carbonyl (C=O) groups is 3. The zero-order chi connectivity index (χ0) is 44.5. The first-order chi connectivity index (χ1) is 29.2. The van der Waals surface area contributed by atoms with Crippen molar-refractivity contribution in [1.29, 1.82) is 0 Å². The molecule has 0 spiro atoms. The fourth-order valence-electron chi connectivity index (χ4n) is 8.03. The van der Waals surface area contributed by atoms with Crippen LogP contribution in [0.5, 0.6) is 5.88 Å². The molecule has 0 bridgehead atoms. The number of para-hydroxylation sites is 1. The van der Waals surface area contributed by atoms with Crippen LogP contribution in [0.4, 0.5) is 27.6 Å². The topological polar surface area (TPSA) is 173 Å². The Morgan fingerprint density at radius 3 is 2.27 bits per heavy atom. The Labute approximate surface area is 352 Å². The first-order valence-electron chi connectivity index (χ1n) is 20.1. The van der Waals surface area contributed by atoms with Crippen molar-refractivity contribution in [3.63, 3.8) is 0 Å². The minimum absolute atomic E-state index is 0.000710. The van der Waals surface area contributed by atoms with E-state index in [9.17, 15) is 44.8 Å². The number of hydrogen-bond donors (Lipinski definition) is 3. The number of likely N-dealkylation sites (tertiary alicyclic amines) is 1. The first-order valence-corrected chi connectivity index (χ1v) is 21.7. The van der Waals surface area contributed by atoms with Crippen LogP contribution in [-0.4, -0.2) is 76.5 Å². The average molecular weight is 883 g/mol. The number of aromatic nitrogens is 2. The maximum Gasteiger partial charge on any atom is 0.416 e. The van der Waals surface area contributed by atoms with E-state index in [0.29, 0.717) is 36.3 Å². The lowest BCUT2D eigenvalue weighted by molar-refractivity contribution is -0.141. The van der Waals surface area contributed by atoms with Crippen LogP contribution in [-0.2, 0) is 30.6 Å². The lowest BCUT2D eigenvalue weighted by Gasteiger charge is -2.36. The Kier molecular flexibility index (Phi) is 10.7. The van der Waals surface area contributed by atoms with Crippen LogP contribution < -0.4 is 20.1 Å². The molecule has 5 atom stereocenters. The summed E-state index contributed by atoms with van der Waals surface area (Å²) in [5, 5.41) is 5.58. The highest BCUT2D eigenvalue weighted by atomic mass is 32.2. The molecule has 0 unspecified atom stereocenters. The lowest BCUT2D eigenvalue weighted by atomic mass is 9.85. The second kappa shape index (κ2) is 15.5. The van der Waals surface area contributed by atoms with Gasteiger partial charge in [-0.05, 0) is 67.0 Å². The van der Waals surface area contributed by atoms with Gasteiger partial charge in [0.2, 0.25) is 27.4 Å². The standard InChI is InChI=1S/C43H43F5N6O7S/c1-5-23-20-42(23,40(57)53-62(58,59)29-14-15-29)52-37(55)31-19-28(21-54(31)39(56)35(41(2,3)4)49-27-17-25(44)16-26(45)18-27)60-38-34-33(30-8-6-7-9-32(30)61-34)50-36(51-38)22-10-12-24(13-11-22)43(46,47)48/h6-13,16-18,23,28-29,31,35,49H,5,14-15,19-21H2,1-4H3,(H,52,55)(H,53,57)/t23-,28-,31+,35-,42-/m1/s1. The molecule has 1 saturated heterocycles. The number of alkyl halides is 3. The van der Waals surface area contributed by atoms with Gasteiger partial charge in [0.05, 0.1) is 17.4 Å². The van der Waals surface area contributed by atoms with Crippen molar-refractivity contribution in [2.75, 3.05) is 11.9 Å². The van der Waals surface area contributed by atoms with Crippen LogP contribution in [0.15, 0.2) is 71.1 Å². The normalized spacial score (nSPS) is 22.1. The van der Waals surface area contributed by atoms with E-state index in [4.69, 9.17) is 9.15 Å². The maximum absolute atomic E-state index is 14.8. The quantitative estimate of drug-likeness (QED) is 0.110. The smallest absolute Gasteiger partial charge is 0.416 e. The summed E-state index contributed by atoms with van der Waals surface area (Å²) in [5.74, 6) is -4.62. The number of hydrogen-bond acceptors (Lipinski definition) is 10.